The van der Waals surface area contributed by atoms with Gasteiger partial charge in [-0.15, -0.1) is 0 Å². The fraction of sp³-hybridized carbons (Fsp3) is 0.154. The molecule has 0 amide bonds. The first-order valence-corrected chi connectivity index (χ1v) is 11.1. The van der Waals surface area contributed by atoms with Gasteiger partial charge in [-0.1, -0.05) is 42.0 Å². The van der Waals surface area contributed by atoms with Gasteiger partial charge in [-0.3, -0.25) is 0 Å². The number of carboxylic acids is 1. The van der Waals surface area contributed by atoms with Crippen LogP contribution in [-0.4, -0.2) is 17.7 Å². The Hall–Kier alpha value is -3.31. The average molecular weight is 539 g/mol. The number of ether oxygens (including phenoxy) is 2. The number of nitriles is 1. The lowest BCUT2D eigenvalue weighted by atomic mass is 10.0. The molecule has 0 radical (unpaired) electrons. The molecule has 0 unspecified atom stereocenters. The van der Waals surface area contributed by atoms with Crippen LogP contribution in [-0.2, 0) is 6.61 Å². The number of allylic oxidation sites excluding steroid dienone is 1. The minimum atomic E-state index is -0.977. The third kappa shape index (κ3) is 5.89. The molecule has 32 heavy (non-hydrogen) atoms. The van der Waals surface area contributed by atoms with Crippen molar-refractivity contribution >= 4 is 40.2 Å². The molecule has 0 atom stereocenters. The summed E-state index contributed by atoms with van der Waals surface area (Å²) in [5.41, 5.74) is 4.33. The van der Waals surface area contributed by atoms with Crippen LogP contribution in [0.2, 0.25) is 0 Å². The van der Waals surface area contributed by atoms with Crippen molar-refractivity contribution < 1.29 is 19.4 Å². The van der Waals surface area contributed by atoms with Crippen molar-refractivity contribution in [2.24, 2.45) is 0 Å². The second-order valence-corrected chi connectivity index (χ2v) is 8.26. The Morgan fingerprint density at radius 1 is 1.09 bits per heavy atom. The summed E-state index contributed by atoms with van der Waals surface area (Å²) >= 11 is 2.18. The first-order valence-electron chi connectivity index (χ1n) is 10.0. The van der Waals surface area contributed by atoms with Gasteiger partial charge in [-0.25, -0.2) is 4.79 Å². The molecule has 0 aliphatic heterocycles. The van der Waals surface area contributed by atoms with E-state index in [1.54, 1.807) is 18.2 Å². The third-order valence-corrected chi connectivity index (χ3v) is 5.48. The monoisotopic (exact) mass is 539 g/mol. The molecule has 0 aromatic heterocycles. The molecule has 0 saturated heterocycles. The van der Waals surface area contributed by atoms with Gasteiger partial charge in [-0.2, -0.15) is 5.26 Å². The van der Waals surface area contributed by atoms with E-state index in [1.807, 2.05) is 62.4 Å². The number of carbonyl (C=O) groups is 1. The number of aryl methyl sites for hydroxylation is 1. The fourth-order valence-corrected chi connectivity index (χ4v) is 3.88. The van der Waals surface area contributed by atoms with E-state index in [1.165, 1.54) is 0 Å². The second kappa shape index (κ2) is 10.8. The lowest BCUT2D eigenvalue weighted by Crippen LogP contribution is -2.03. The Labute approximate surface area is 201 Å². The molecule has 0 fully saturated rings. The van der Waals surface area contributed by atoms with Crippen LogP contribution in [0.15, 0.2) is 60.7 Å². The first kappa shape index (κ1) is 23.4. The van der Waals surface area contributed by atoms with Crippen molar-refractivity contribution in [2.45, 2.75) is 20.5 Å². The zero-order valence-corrected chi connectivity index (χ0v) is 19.9. The van der Waals surface area contributed by atoms with Crippen LogP contribution in [0, 0.1) is 21.8 Å². The molecule has 3 aromatic carbocycles. The highest BCUT2D eigenvalue weighted by Gasteiger charge is 2.13. The number of hydrogen-bond acceptors (Lipinski definition) is 4. The maximum absolute atomic E-state index is 11.2. The van der Waals surface area contributed by atoms with Crippen LogP contribution < -0.4 is 9.47 Å². The molecule has 162 valence electrons. The van der Waals surface area contributed by atoms with Crippen molar-refractivity contribution in [3.63, 3.8) is 0 Å². The van der Waals surface area contributed by atoms with Crippen LogP contribution in [0.5, 0.6) is 11.5 Å². The van der Waals surface area contributed by atoms with Gasteiger partial charge >= 0.3 is 5.97 Å². The van der Waals surface area contributed by atoms with E-state index in [0.29, 0.717) is 23.7 Å². The van der Waals surface area contributed by atoms with E-state index in [9.17, 15) is 15.2 Å². The summed E-state index contributed by atoms with van der Waals surface area (Å²) in [5.74, 6) is 0.176. The van der Waals surface area contributed by atoms with Gasteiger partial charge in [0.25, 0.3) is 0 Å². The highest BCUT2D eigenvalue weighted by molar-refractivity contribution is 14.1. The highest BCUT2D eigenvalue weighted by Crippen LogP contribution is 2.36. The van der Waals surface area contributed by atoms with Crippen molar-refractivity contribution in [1.29, 1.82) is 5.26 Å². The average Bonchev–Trinajstić information content (AvgIpc) is 2.78. The largest absolute Gasteiger partial charge is 0.490 e. The molecule has 3 aromatic rings. The normalized spacial score (nSPS) is 11.0. The molecule has 0 aliphatic carbocycles. The summed E-state index contributed by atoms with van der Waals surface area (Å²) in [6, 6.07) is 20.5. The van der Waals surface area contributed by atoms with Crippen LogP contribution >= 0.6 is 22.6 Å². The summed E-state index contributed by atoms with van der Waals surface area (Å²) in [6.07, 6.45) is 1.83. The van der Waals surface area contributed by atoms with E-state index in [4.69, 9.17) is 9.47 Å². The molecular formula is C26H22INO4. The summed E-state index contributed by atoms with van der Waals surface area (Å²) < 4.78 is 12.7. The Kier molecular flexibility index (Phi) is 7.90. The van der Waals surface area contributed by atoms with Gasteiger partial charge in [-0.05, 0) is 83.5 Å². The van der Waals surface area contributed by atoms with Crippen molar-refractivity contribution in [3.05, 3.63) is 92.1 Å². The van der Waals surface area contributed by atoms with Gasteiger partial charge in [0.05, 0.1) is 27.4 Å². The minimum absolute atomic E-state index is 0.208. The predicted molar refractivity (Wildman–Crippen MR) is 133 cm³/mol. The zero-order valence-electron chi connectivity index (χ0n) is 17.8. The van der Waals surface area contributed by atoms with E-state index in [2.05, 4.69) is 28.7 Å². The van der Waals surface area contributed by atoms with Gasteiger partial charge in [0.2, 0.25) is 0 Å². The predicted octanol–water partition coefficient (Wildman–Crippen LogP) is 6.34. The van der Waals surface area contributed by atoms with Gasteiger partial charge in [0.1, 0.15) is 6.61 Å². The molecule has 0 bridgehead atoms. The summed E-state index contributed by atoms with van der Waals surface area (Å²) in [5, 5.41) is 18.8. The fourth-order valence-electron chi connectivity index (χ4n) is 3.10. The summed E-state index contributed by atoms with van der Waals surface area (Å²) in [6.45, 7) is 4.56. The lowest BCUT2D eigenvalue weighted by molar-refractivity contribution is 0.0696. The van der Waals surface area contributed by atoms with Gasteiger partial charge in [0.15, 0.2) is 11.5 Å². The van der Waals surface area contributed by atoms with E-state index in [0.717, 1.165) is 25.8 Å². The van der Waals surface area contributed by atoms with Crippen molar-refractivity contribution in [1.82, 2.24) is 0 Å². The quantitative estimate of drug-likeness (QED) is 0.205. The smallest absolute Gasteiger partial charge is 0.335 e. The Bertz CT molecular complexity index is 1190. The molecule has 6 heteroatoms. The lowest BCUT2D eigenvalue weighted by Gasteiger charge is -2.15. The van der Waals surface area contributed by atoms with E-state index < -0.39 is 5.97 Å². The standard InChI is InChI=1S/C26H22INO4/c1-3-31-24-14-19(12-22(15-28)20-9-7-17(2)8-10-20)13-23(27)25(24)32-16-18-5-4-6-21(11-18)26(29)30/h4-14H,3,16H2,1-2H3,(H,29,30)/b22-12-. The van der Waals surface area contributed by atoms with Crippen LogP contribution in [0.25, 0.3) is 11.6 Å². The molecule has 5 nitrogen and oxygen atoms in total. The maximum atomic E-state index is 11.2. The maximum Gasteiger partial charge on any atom is 0.335 e. The van der Waals surface area contributed by atoms with Crippen LogP contribution in [0.4, 0.5) is 0 Å². The highest BCUT2D eigenvalue weighted by atomic mass is 127. The number of rotatable bonds is 8. The van der Waals surface area contributed by atoms with Crippen molar-refractivity contribution in [2.75, 3.05) is 6.61 Å². The van der Waals surface area contributed by atoms with Crippen molar-refractivity contribution in [3.8, 4) is 17.6 Å². The number of benzene rings is 3. The number of nitrogens with zero attached hydrogens (tertiary/aromatic N) is 1. The van der Waals surface area contributed by atoms with Gasteiger partial charge in [0, 0.05) is 0 Å². The number of halogens is 1. The Balaban J connectivity index is 1.90. The molecule has 0 saturated carbocycles. The number of carboxylic acid groups (broad SMARTS) is 1. The van der Waals surface area contributed by atoms with Crippen LogP contribution in [0.3, 0.4) is 0 Å². The molecule has 0 aliphatic rings. The Morgan fingerprint density at radius 2 is 1.84 bits per heavy atom. The topological polar surface area (TPSA) is 79.5 Å². The second-order valence-electron chi connectivity index (χ2n) is 7.09. The molecule has 0 spiro atoms. The van der Waals surface area contributed by atoms with E-state index >= 15 is 0 Å². The summed E-state index contributed by atoms with van der Waals surface area (Å²) in [7, 11) is 0. The molecular weight excluding hydrogens is 517 g/mol. The first-order chi connectivity index (χ1) is 15.4. The number of aromatic carboxylic acids is 1. The zero-order chi connectivity index (χ0) is 23.1. The minimum Gasteiger partial charge on any atom is -0.490 e. The third-order valence-electron chi connectivity index (χ3n) is 4.68. The van der Waals surface area contributed by atoms with E-state index in [-0.39, 0.29) is 12.2 Å². The Morgan fingerprint density at radius 3 is 2.50 bits per heavy atom. The number of hydrogen-bond donors (Lipinski definition) is 1. The van der Waals surface area contributed by atoms with Gasteiger partial charge < -0.3 is 14.6 Å². The SMILES string of the molecule is CCOc1cc(/C=C(/C#N)c2ccc(C)cc2)cc(I)c1OCc1cccc(C(=O)O)c1. The van der Waals surface area contributed by atoms with Crippen LogP contribution in [0.1, 0.15) is 39.5 Å². The molecule has 1 N–H and O–H groups in total. The molecule has 0 heterocycles. The summed E-state index contributed by atoms with van der Waals surface area (Å²) in [4.78, 5) is 11.2. The molecule has 3 rings (SSSR count).